The molecule has 1 N–H and O–H groups in total. The Hall–Kier alpha value is -4.89. The molecule has 12 nitrogen and oxygen atoms in total. The summed E-state index contributed by atoms with van der Waals surface area (Å²) in [6.45, 7) is 0.883. The van der Waals surface area contributed by atoms with Crippen molar-refractivity contribution in [1.29, 1.82) is 5.26 Å². The first kappa shape index (κ1) is 22.9. The van der Waals surface area contributed by atoms with Gasteiger partial charge in [-0.3, -0.25) is 19.9 Å². The van der Waals surface area contributed by atoms with Crippen LogP contribution in [0.3, 0.4) is 0 Å². The minimum atomic E-state index is -0.540. The average molecular weight is 486 g/mol. The summed E-state index contributed by atoms with van der Waals surface area (Å²) >= 11 is 0. The zero-order valence-electron chi connectivity index (χ0n) is 18.7. The molecule has 0 spiro atoms. The molecule has 12 heteroatoms. The van der Waals surface area contributed by atoms with Gasteiger partial charge in [0.1, 0.15) is 18.0 Å². The Morgan fingerprint density at radius 2 is 2.11 bits per heavy atom. The predicted molar refractivity (Wildman–Crippen MR) is 125 cm³/mol. The van der Waals surface area contributed by atoms with Crippen molar-refractivity contribution < 1.29 is 23.6 Å². The standard InChI is InChI=1S/C24H18N6O6/c25-9-14-10-26-18-7-22(36-16-3-5-34-13-16)19(30(32)33)6-17(18)24(14)29-15-11-27-23(28-12-15)8-20(31)21-2-1-4-35-21/h1-2,4,6-7,10-12,16H,3,5,8,13H2,(H,26,29). The van der Waals surface area contributed by atoms with E-state index in [0.717, 1.165) is 0 Å². The number of hydrogen-bond acceptors (Lipinski definition) is 11. The van der Waals surface area contributed by atoms with E-state index in [9.17, 15) is 20.2 Å². The van der Waals surface area contributed by atoms with Crippen LogP contribution in [0.15, 0.2) is 53.5 Å². The number of anilines is 2. The summed E-state index contributed by atoms with van der Waals surface area (Å²) in [5.41, 5.74) is 1.05. The number of ether oxygens (including phenoxy) is 2. The van der Waals surface area contributed by atoms with Gasteiger partial charge in [0.05, 0.1) is 65.7 Å². The normalized spacial score (nSPS) is 14.9. The first-order valence-corrected chi connectivity index (χ1v) is 10.9. The fraction of sp³-hybridized carbons (Fsp3) is 0.208. The number of Topliss-reactive ketones (excluding diaryl/α,β-unsaturated/α-hetero) is 1. The van der Waals surface area contributed by atoms with Gasteiger partial charge in [0.15, 0.2) is 11.5 Å². The number of carbonyl (C=O) groups excluding carboxylic acids is 1. The summed E-state index contributed by atoms with van der Waals surface area (Å²) < 4.78 is 16.2. The number of furan rings is 1. The van der Waals surface area contributed by atoms with Gasteiger partial charge in [0, 0.05) is 30.1 Å². The molecule has 0 amide bonds. The third-order valence-corrected chi connectivity index (χ3v) is 5.54. The number of nitrogens with zero attached hydrogens (tertiary/aromatic N) is 5. The highest BCUT2D eigenvalue weighted by atomic mass is 16.6. The molecule has 1 fully saturated rings. The Labute approximate surface area is 203 Å². The molecule has 4 aromatic rings. The van der Waals surface area contributed by atoms with E-state index in [-0.39, 0.29) is 46.9 Å². The highest BCUT2D eigenvalue weighted by molar-refractivity contribution is 5.98. The molecule has 1 aromatic carbocycles. The Bertz CT molecular complexity index is 1470. The number of rotatable bonds is 8. The van der Waals surface area contributed by atoms with E-state index < -0.39 is 4.92 Å². The van der Waals surface area contributed by atoms with Crippen molar-refractivity contribution in [2.45, 2.75) is 18.9 Å². The Balaban J connectivity index is 1.45. The van der Waals surface area contributed by atoms with Crippen molar-refractivity contribution in [3.8, 4) is 11.8 Å². The van der Waals surface area contributed by atoms with Gasteiger partial charge in [-0.2, -0.15) is 5.26 Å². The van der Waals surface area contributed by atoms with Crippen LogP contribution >= 0.6 is 0 Å². The zero-order valence-corrected chi connectivity index (χ0v) is 18.7. The van der Waals surface area contributed by atoms with E-state index in [0.29, 0.717) is 41.9 Å². The van der Waals surface area contributed by atoms with Crippen LogP contribution in [0, 0.1) is 21.4 Å². The molecule has 0 radical (unpaired) electrons. The van der Waals surface area contributed by atoms with Crippen LogP contribution in [0.25, 0.3) is 10.9 Å². The molecule has 0 saturated carbocycles. The molecule has 36 heavy (non-hydrogen) atoms. The molecular formula is C24H18N6O6. The molecule has 1 atom stereocenters. The van der Waals surface area contributed by atoms with Crippen LogP contribution in [0.2, 0.25) is 0 Å². The van der Waals surface area contributed by atoms with Gasteiger partial charge in [-0.25, -0.2) is 9.97 Å². The SMILES string of the molecule is N#Cc1cnc2cc(OC3CCOC3)c([N+](=O)[O-])cc2c1Nc1cnc(CC(=O)c2ccco2)nc1. The van der Waals surface area contributed by atoms with E-state index in [2.05, 4.69) is 20.3 Å². The molecule has 3 aromatic heterocycles. The summed E-state index contributed by atoms with van der Waals surface area (Å²) in [6.07, 6.45) is 6.00. The first-order chi connectivity index (χ1) is 17.5. The van der Waals surface area contributed by atoms with Crippen LogP contribution in [0.5, 0.6) is 5.75 Å². The van der Waals surface area contributed by atoms with Crippen molar-refractivity contribution in [1.82, 2.24) is 15.0 Å². The maximum absolute atomic E-state index is 12.2. The van der Waals surface area contributed by atoms with Gasteiger partial charge < -0.3 is 19.2 Å². The van der Waals surface area contributed by atoms with Gasteiger partial charge >= 0.3 is 5.69 Å². The summed E-state index contributed by atoms with van der Waals surface area (Å²) in [5, 5.41) is 24.9. The minimum absolute atomic E-state index is 0.0452. The largest absolute Gasteiger partial charge is 0.481 e. The Morgan fingerprint density at radius 1 is 1.28 bits per heavy atom. The highest BCUT2D eigenvalue weighted by Gasteiger charge is 2.25. The lowest BCUT2D eigenvalue weighted by atomic mass is 10.1. The third-order valence-electron chi connectivity index (χ3n) is 5.54. The number of nitro groups is 1. The quantitative estimate of drug-likeness (QED) is 0.219. The maximum atomic E-state index is 12.2. The molecule has 4 heterocycles. The molecule has 1 saturated heterocycles. The molecule has 1 aliphatic heterocycles. The number of nitro benzene ring substituents is 1. The average Bonchev–Trinajstić information content (AvgIpc) is 3.60. The number of pyridine rings is 1. The van der Waals surface area contributed by atoms with Gasteiger partial charge in [-0.15, -0.1) is 0 Å². The Morgan fingerprint density at radius 3 is 2.78 bits per heavy atom. The lowest BCUT2D eigenvalue weighted by molar-refractivity contribution is -0.385. The minimum Gasteiger partial charge on any atom is -0.481 e. The van der Waals surface area contributed by atoms with Crippen molar-refractivity contribution in [2.24, 2.45) is 0 Å². The number of hydrogen-bond donors (Lipinski definition) is 1. The molecule has 1 aliphatic rings. The molecule has 0 aliphatic carbocycles. The van der Waals surface area contributed by atoms with Crippen LogP contribution in [0.1, 0.15) is 28.4 Å². The zero-order chi connectivity index (χ0) is 25.1. The number of aromatic nitrogens is 3. The summed E-state index contributed by atoms with van der Waals surface area (Å²) in [5.74, 6) is 0.325. The predicted octanol–water partition coefficient (Wildman–Crippen LogP) is 3.73. The summed E-state index contributed by atoms with van der Waals surface area (Å²) in [6, 6.07) is 8.04. The molecule has 0 bridgehead atoms. The molecule has 5 rings (SSSR count). The van der Waals surface area contributed by atoms with Gasteiger partial charge in [0.2, 0.25) is 5.78 Å². The maximum Gasteiger partial charge on any atom is 0.311 e. The second kappa shape index (κ2) is 9.77. The fourth-order valence-electron chi connectivity index (χ4n) is 3.77. The topological polar surface area (TPSA) is 166 Å². The third kappa shape index (κ3) is 4.68. The number of carbonyl (C=O) groups is 1. The number of benzene rings is 1. The van der Waals surface area contributed by atoms with Crippen LogP contribution in [0.4, 0.5) is 17.1 Å². The van der Waals surface area contributed by atoms with Gasteiger partial charge in [-0.1, -0.05) is 0 Å². The monoisotopic (exact) mass is 486 g/mol. The van der Waals surface area contributed by atoms with E-state index in [4.69, 9.17) is 13.9 Å². The van der Waals surface area contributed by atoms with E-state index in [1.807, 2.05) is 6.07 Å². The van der Waals surface area contributed by atoms with Crippen LogP contribution in [-0.4, -0.2) is 45.0 Å². The van der Waals surface area contributed by atoms with Crippen molar-refractivity contribution in [2.75, 3.05) is 18.5 Å². The van der Waals surface area contributed by atoms with Gasteiger partial charge in [-0.05, 0) is 12.1 Å². The highest BCUT2D eigenvalue weighted by Crippen LogP contribution is 2.37. The molecular weight excluding hydrogens is 468 g/mol. The summed E-state index contributed by atoms with van der Waals surface area (Å²) in [7, 11) is 0. The molecule has 1 unspecified atom stereocenters. The molecule has 180 valence electrons. The number of nitriles is 1. The van der Waals surface area contributed by atoms with Crippen molar-refractivity contribution >= 4 is 33.7 Å². The Kier molecular flexibility index (Phi) is 6.21. The van der Waals surface area contributed by atoms with E-state index >= 15 is 0 Å². The first-order valence-electron chi connectivity index (χ1n) is 10.9. The number of fused-ring (bicyclic) bond motifs is 1. The fourth-order valence-corrected chi connectivity index (χ4v) is 3.77. The number of ketones is 1. The smallest absolute Gasteiger partial charge is 0.311 e. The second-order valence-corrected chi connectivity index (χ2v) is 7.95. The second-order valence-electron chi connectivity index (χ2n) is 7.95. The van der Waals surface area contributed by atoms with Crippen LogP contribution in [-0.2, 0) is 11.2 Å². The van der Waals surface area contributed by atoms with Crippen LogP contribution < -0.4 is 10.1 Å². The number of nitrogens with one attached hydrogen (secondary N) is 1. The van der Waals surface area contributed by atoms with Gasteiger partial charge in [0.25, 0.3) is 0 Å². The summed E-state index contributed by atoms with van der Waals surface area (Å²) in [4.78, 5) is 36.2. The van der Waals surface area contributed by atoms with Crippen molar-refractivity contribution in [3.05, 3.63) is 76.4 Å². The lowest BCUT2D eigenvalue weighted by Crippen LogP contribution is -2.16. The van der Waals surface area contributed by atoms with E-state index in [1.54, 1.807) is 12.1 Å². The van der Waals surface area contributed by atoms with Crippen molar-refractivity contribution in [3.63, 3.8) is 0 Å². The van der Waals surface area contributed by atoms with E-state index in [1.165, 1.54) is 37.0 Å². The lowest BCUT2D eigenvalue weighted by Gasteiger charge is -2.15.